The van der Waals surface area contributed by atoms with Crippen LogP contribution in [0.3, 0.4) is 0 Å². The molecule has 0 rings (SSSR count). The van der Waals surface area contributed by atoms with E-state index in [-0.39, 0.29) is 0 Å². The molecule has 0 heterocycles. The van der Waals surface area contributed by atoms with Crippen molar-refractivity contribution in [1.82, 2.24) is 0 Å². The van der Waals surface area contributed by atoms with E-state index in [0.717, 1.165) is 12.8 Å². The summed E-state index contributed by atoms with van der Waals surface area (Å²) < 4.78 is 0. The predicted octanol–water partition coefficient (Wildman–Crippen LogP) is 2.61. The first-order chi connectivity index (χ1) is 4.31. The van der Waals surface area contributed by atoms with Gasteiger partial charge in [-0.2, -0.15) is 0 Å². The average Bonchev–Trinajstić information content (AvgIpc) is 1.85. The Bertz CT molecular complexity index is 123. The van der Waals surface area contributed by atoms with Gasteiger partial charge in [0.15, 0.2) is 0 Å². The molecule has 0 amide bonds. The molecule has 0 radical (unpaired) electrons. The van der Waals surface area contributed by atoms with Gasteiger partial charge in [0.25, 0.3) is 0 Å². The molecule has 0 aromatic heterocycles. The second-order valence-electron chi connectivity index (χ2n) is 2.10. The smallest absolute Gasteiger partial charge is 0.0208 e. The van der Waals surface area contributed by atoms with Crippen LogP contribution in [0.25, 0.3) is 0 Å². The van der Waals surface area contributed by atoms with Gasteiger partial charge in [0, 0.05) is 12.3 Å². The van der Waals surface area contributed by atoms with Gasteiger partial charge >= 0.3 is 0 Å². The number of hydrogen-bond donors (Lipinski definition) is 0. The molecule has 9 heavy (non-hydrogen) atoms. The predicted molar refractivity (Wildman–Crippen MR) is 42.0 cm³/mol. The van der Waals surface area contributed by atoms with Gasteiger partial charge in [-0.3, -0.25) is 0 Å². The van der Waals surface area contributed by atoms with Crippen LogP contribution in [-0.2, 0) is 0 Å². The Hall–Kier alpha value is -0.700. The molecular weight excluding hydrogens is 108 g/mol. The fourth-order valence-electron chi connectivity index (χ4n) is 0.585. The molecule has 0 N–H and O–H groups in total. The lowest BCUT2D eigenvalue weighted by molar-refractivity contribution is 0.773. The van der Waals surface area contributed by atoms with E-state index in [2.05, 4.69) is 32.3 Å². The van der Waals surface area contributed by atoms with Crippen LogP contribution in [-0.4, -0.2) is 0 Å². The van der Waals surface area contributed by atoms with E-state index in [4.69, 9.17) is 0 Å². The number of rotatable bonds is 2. The molecule has 0 bridgehead atoms. The Morgan fingerprint density at radius 2 is 2.33 bits per heavy atom. The highest BCUT2D eigenvalue weighted by Crippen LogP contribution is 1.98. The van der Waals surface area contributed by atoms with Crippen LogP contribution in [0.2, 0.25) is 0 Å². The quantitative estimate of drug-likeness (QED) is 0.390. The van der Waals surface area contributed by atoms with Crippen LogP contribution >= 0.6 is 0 Å². The van der Waals surface area contributed by atoms with Gasteiger partial charge in [-0.25, -0.2) is 0 Å². The maximum absolute atomic E-state index is 3.64. The van der Waals surface area contributed by atoms with Crippen LogP contribution in [0.1, 0.15) is 26.7 Å². The highest BCUT2D eigenvalue weighted by atomic mass is 13.9. The lowest BCUT2D eigenvalue weighted by Gasteiger charge is -1.94. The standard InChI is InChI=1S/C9H14/c1-4-6-8-9(3)7-5-2/h5,9H,2,4,7H2,1,3H3. The van der Waals surface area contributed by atoms with Gasteiger partial charge in [0.2, 0.25) is 0 Å². The Morgan fingerprint density at radius 1 is 1.67 bits per heavy atom. The molecule has 0 spiro atoms. The summed E-state index contributed by atoms with van der Waals surface area (Å²) in [5.74, 6) is 6.64. The monoisotopic (exact) mass is 122 g/mol. The molecule has 1 atom stereocenters. The van der Waals surface area contributed by atoms with Crippen LogP contribution in [0.4, 0.5) is 0 Å². The maximum atomic E-state index is 3.64. The molecule has 0 aromatic carbocycles. The van der Waals surface area contributed by atoms with Crippen molar-refractivity contribution in [2.24, 2.45) is 5.92 Å². The van der Waals surface area contributed by atoms with E-state index in [0.29, 0.717) is 5.92 Å². The second kappa shape index (κ2) is 5.44. The van der Waals surface area contributed by atoms with E-state index in [1.165, 1.54) is 0 Å². The molecule has 0 heteroatoms. The summed E-state index contributed by atoms with van der Waals surface area (Å²) >= 11 is 0. The fraction of sp³-hybridized carbons (Fsp3) is 0.556. The number of hydrogen-bond acceptors (Lipinski definition) is 0. The van der Waals surface area contributed by atoms with Gasteiger partial charge in [-0.05, 0) is 6.42 Å². The van der Waals surface area contributed by atoms with Gasteiger partial charge in [0.05, 0.1) is 0 Å². The van der Waals surface area contributed by atoms with Gasteiger partial charge in [0.1, 0.15) is 0 Å². The summed E-state index contributed by atoms with van der Waals surface area (Å²) in [7, 11) is 0. The Labute approximate surface area is 58.0 Å². The first-order valence-corrected chi connectivity index (χ1v) is 3.40. The molecule has 0 aliphatic rings. The molecule has 1 unspecified atom stereocenters. The zero-order valence-electron chi connectivity index (χ0n) is 6.28. The van der Waals surface area contributed by atoms with Crippen molar-refractivity contribution in [3.63, 3.8) is 0 Å². The highest BCUT2D eigenvalue weighted by molar-refractivity contribution is 5.02. The van der Waals surface area contributed by atoms with E-state index in [1.807, 2.05) is 6.08 Å². The summed E-state index contributed by atoms with van der Waals surface area (Å²) in [5, 5.41) is 0. The summed E-state index contributed by atoms with van der Waals surface area (Å²) in [4.78, 5) is 0. The molecule has 0 nitrogen and oxygen atoms in total. The first-order valence-electron chi connectivity index (χ1n) is 3.40. The molecular formula is C9H14. The molecule has 0 aromatic rings. The molecule has 0 saturated heterocycles. The minimum absolute atomic E-state index is 0.488. The summed E-state index contributed by atoms with van der Waals surface area (Å²) in [6, 6.07) is 0. The third-order valence-electron chi connectivity index (χ3n) is 1.05. The highest BCUT2D eigenvalue weighted by Gasteiger charge is 1.88. The largest absolute Gasteiger partial charge is 0.103 e. The minimum Gasteiger partial charge on any atom is -0.103 e. The van der Waals surface area contributed by atoms with Crippen molar-refractivity contribution in [2.45, 2.75) is 26.7 Å². The van der Waals surface area contributed by atoms with Crippen LogP contribution in [0, 0.1) is 17.8 Å². The van der Waals surface area contributed by atoms with Crippen molar-refractivity contribution >= 4 is 0 Å². The Kier molecular flexibility index (Phi) is 5.01. The zero-order valence-corrected chi connectivity index (χ0v) is 6.28. The Balaban J connectivity index is 3.47. The van der Waals surface area contributed by atoms with Crippen molar-refractivity contribution in [1.29, 1.82) is 0 Å². The minimum atomic E-state index is 0.488. The third-order valence-corrected chi connectivity index (χ3v) is 1.05. The van der Waals surface area contributed by atoms with E-state index in [9.17, 15) is 0 Å². The van der Waals surface area contributed by atoms with Gasteiger partial charge in [-0.1, -0.05) is 25.8 Å². The lowest BCUT2D eigenvalue weighted by Crippen LogP contribution is -1.85. The fourth-order valence-corrected chi connectivity index (χ4v) is 0.585. The summed E-state index contributed by atoms with van der Waals surface area (Å²) in [5.41, 5.74) is 0. The summed E-state index contributed by atoms with van der Waals surface area (Å²) in [6.07, 6.45) is 3.88. The van der Waals surface area contributed by atoms with Crippen molar-refractivity contribution in [3.8, 4) is 11.8 Å². The van der Waals surface area contributed by atoms with Crippen LogP contribution in [0.15, 0.2) is 12.7 Å². The van der Waals surface area contributed by atoms with E-state index in [1.54, 1.807) is 0 Å². The second-order valence-corrected chi connectivity index (χ2v) is 2.10. The topological polar surface area (TPSA) is 0 Å². The average molecular weight is 122 g/mol. The first kappa shape index (κ1) is 8.30. The molecule has 50 valence electrons. The van der Waals surface area contributed by atoms with Gasteiger partial charge in [-0.15, -0.1) is 12.5 Å². The van der Waals surface area contributed by atoms with Crippen molar-refractivity contribution in [3.05, 3.63) is 12.7 Å². The van der Waals surface area contributed by atoms with E-state index >= 15 is 0 Å². The molecule has 0 aliphatic carbocycles. The zero-order chi connectivity index (χ0) is 7.11. The Morgan fingerprint density at radius 3 is 2.78 bits per heavy atom. The molecule has 0 fully saturated rings. The maximum Gasteiger partial charge on any atom is 0.0208 e. The third kappa shape index (κ3) is 5.17. The van der Waals surface area contributed by atoms with Crippen LogP contribution < -0.4 is 0 Å². The van der Waals surface area contributed by atoms with Gasteiger partial charge < -0.3 is 0 Å². The normalized spacial score (nSPS) is 11.3. The summed E-state index contributed by atoms with van der Waals surface area (Å²) in [6.45, 7) is 7.82. The lowest BCUT2D eigenvalue weighted by atomic mass is 10.1. The van der Waals surface area contributed by atoms with Crippen molar-refractivity contribution in [2.75, 3.05) is 0 Å². The number of allylic oxidation sites excluding steroid dienone is 1. The SMILES string of the molecule is C=CCC(C)C#CCC. The van der Waals surface area contributed by atoms with Crippen molar-refractivity contribution < 1.29 is 0 Å². The van der Waals surface area contributed by atoms with Crippen LogP contribution in [0.5, 0.6) is 0 Å². The van der Waals surface area contributed by atoms with E-state index < -0.39 is 0 Å². The molecule has 0 aliphatic heterocycles. The molecule has 0 saturated carbocycles.